The summed E-state index contributed by atoms with van der Waals surface area (Å²) in [6.07, 6.45) is 1.13. The van der Waals surface area contributed by atoms with Crippen LogP contribution in [-0.2, 0) is 4.79 Å². The molecule has 0 saturated carbocycles. The summed E-state index contributed by atoms with van der Waals surface area (Å²) in [6, 6.07) is 16.5. The number of hydrogen-bond donors (Lipinski definition) is 2. The number of nitrogens with one attached hydrogen (secondary N) is 1. The van der Waals surface area contributed by atoms with E-state index in [0.29, 0.717) is 17.0 Å². The van der Waals surface area contributed by atoms with E-state index in [1.54, 1.807) is 31.5 Å². The van der Waals surface area contributed by atoms with E-state index in [1.807, 2.05) is 36.4 Å². The first-order valence-electron chi connectivity index (χ1n) is 10.1. The van der Waals surface area contributed by atoms with Gasteiger partial charge >= 0.3 is 0 Å². The fraction of sp³-hybridized carbons (Fsp3) is 0.167. The molecule has 0 atom stereocenters. The maximum atomic E-state index is 12.6. The molecule has 3 heterocycles. The summed E-state index contributed by atoms with van der Waals surface area (Å²) in [5.41, 5.74) is 4.05. The van der Waals surface area contributed by atoms with Crippen molar-refractivity contribution in [3.63, 3.8) is 0 Å². The number of ketones is 1. The monoisotopic (exact) mass is 428 g/mol. The van der Waals surface area contributed by atoms with E-state index in [2.05, 4.69) is 15.2 Å². The molecule has 2 N–H and O–H groups in total. The standard InChI is InChI=1S/C24H20N4O4/c1-32-20-8-3-2-7-18(20)21-19-10-16(11-25-23(19)27-26-21)14-5-4-6-15(9-14)22(30)24(31)28-12-17(29)13-28/h2-11,17,29H,12-13H2,1H3,(H,25,26,27). The van der Waals surface area contributed by atoms with Gasteiger partial charge in [-0.25, -0.2) is 4.98 Å². The van der Waals surface area contributed by atoms with Gasteiger partial charge in [-0.2, -0.15) is 5.10 Å². The number of rotatable bonds is 5. The van der Waals surface area contributed by atoms with Gasteiger partial charge in [0.15, 0.2) is 5.65 Å². The maximum absolute atomic E-state index is 12.6. The largest absolute Gasteiger partial charge is 0.496 e. The number of β-amino-alcohol motifs (C(OH)–C–C–N with tert-alkyl or cyclic N) is 1. The molecule has 1 fully saturated rings. The van der Waals surface area contributed by atoms with Gasteiger partial charge in [-0.3, -0.25) is 14.7 Å². The molecule has 0 bridgehead atoms. The van der Waals surface area contributed by atoms with Crippen LogP contribution in [0.1, 0.15) is 10.4 Å². The number of fused-ring (bicyclic) bond motifs is 1. The van der Waals surface area contributed by atoms with Crippen molar-refractivity contribution in [2.24, 2.45) is 0 Å². The minimum Gasteiger partial charge on any atom is -0.496 e. The molecule has 0 aliphatic carbocycles. The molecule has 1 aliphatic rings. The van der Waals surface area contributed by atoms with Crippen molar-refractivity contribution < 1.29 is 19.4 Å². The van der Waals surface area contributed by atoms with E-state index >= 15 is 0 Å². The van der Waals surface area contributed by atoms with Crippen molar-refractivity contribution in [3.05, 3.63) is 66.4 Å². The van der Waals surface area contributed by atoms with Gasteiger partial charge in [0, 0.05) is 41.4 Å². The highest BCUT2D eigenvalue weighted by molar-refractivity contribution is 6.43. The molecule has 0 radical (unpaired) electrons. The molecule has 4 aromatic rings. The number of pyridine rings is 1. The number of ether oxygens (including phenoxy) is 1. The van der Waals surface area contributed by atoms with Gasteiger partial charge in [0.05, 0.1) is 18.9 Å². The molecule has 8 heteroatoms. The number of para-hydroxylation sites is 1. The average molecular weight is 428 g/mol. The molecule has 0 spiro atoms. The highest BCUT2D eigenvalue weighted by Crippen LogP contribution is 2.34. The normalized spacial score (nSPS) is 13.8. The lowest BCUT2D eigenvalue weighted by Gasteiger charge is -2.35. The third kappa shape index (κ3) is 3.40. The Hall–Kier alpha value is -4.04. The number of benzene rings is 2. The van der Waals surface area contributed by atoms with E-state index < -0.39 is 17.8 Å². The smallest absolute Gasteiger partial charge is 0.295 e. The quantitative estimate of drug-likeness (QED) is 0.374. The average Bonchev–Trinajstić information content (AvgIpc) is 3.24. The van der Waals surface area contributed by atoms with E-state index in [4.69, 9.17) is 4.74 Å². The van der Waals surface area contributed by atoms with Crippen molar-refractivity contribution in [1.82, 2.24) is 20.1 Å². The van der Waals surface area contributed by atoms with Gasteiger partial charge in [0.1, 0.15) is 5.75 Å². The van der Waals surface area contributed by atoms with Crippen LogP contribution in [0.4, 0.5) is 0 Å². The Balaban J connectivity index is 1.51. The molecule has 1 amide bonds. The van der Waals surface area contributed by atoms with E-state index in [1.165, 1.54) is 4.90 Å². The first-order chi connectivity index (χ1) is 15.5. The van der Waals surface area contributed by atoms with Gasteiger partial charge in [-0.15, -0.1) is 0 Å². The molecule has 2 aromatic carbocycles. The number of aliphatic hydroxyl groups excluding tert-OH is 1. The number of carbonyl (C=O) groups is 2. The number of methoxy groups -OCH3 is 1. The van der Waals surface area contributed by atoms with Crippen LogP contribution in [0.3, 0.4) is 0 Å². The fourth-order valence-electron chi connectivity index (χ4n) is 3.84. The van der Waals surface area contributed by atoms with Gasteiger partial charge in [0.2, 0.25) is 5.78 Å². The fourth-order valence-corrected chi connectivity index (χ4v) is 3.84. The number of hydrogen-bond acceptors (Lipinski definition) is 6. The Bertz CT molecular complexity index is 1340. The number of amides is 1. The number of carbonyl (C=O) groups excluding carboxylic acids is 2. The third-order valence-corrected chi connectivity index (χ3v) is 5.59. The van der Waals surface area contributed by atoms with Crippen molar-refractivity contribution in [2.45, 2.75) is 6.10 Å². The van der Waals surface area contributed by atoms with Gasteiger partial charge in [-0.05, 0) is 29.8 Å². The van der Waals surface area contributed by atoms with Crippen LogP contribution >= 0.6 is 0 Å². The molecular weight excluding hydrogens is 408 g/mol. The molecule has 5 rings (SSSR count). The van der Waals surface area contributed by atoms with Gasteiger partial charge in [0.25, 0.3) is 5.91 Å². The SMILES string of the molecule is COc1ccccc1-c1[nH]nc2ncc(-c3cccc(C(=O)C(=O)N4CC(O)C4)c3)cc12. The maximum Gasteiger partial charge on any atom is 0.295 e. The third-order valence-electron chi connectivity index (χ3n) is 5.59. The van der Waals surface area contributed by atoms with Crippen LogP contribution in [0.5, 0.6) is 5.75 Å². The van der Waals surface area contributed by atoms with Crippen LogP contribution in [-0.4, -0.2) is 63.2 Å². The Morgan fingerprint density at radius 3 is 2.69 bits per heavy atom. The predicted molar refractivity (Wildman–Crippen MR) is 118 cm³/mol. The highest BCUT2D eigenvalue weighted by atomic mass is 16.5. The zero-order valence-corrected chi connectivity index (χ0v) is 17.3. The Labute approximate surface area is 183 Å². The molecule has 1 aliphatic heterocycles. The van der Waals surface area contributed by atoms with Crippen molar-refractivity contribution in [3.8, 4) is 28.1 Å². The number of nitrogens with zero attached hydrogens (tertiary/aromatic N) is 3. The number of Topliss-reactive ketones (excluding diaryl/α,β-unsaturated/α-hetero) is 1. The number of aliphatic hydroxyl groups is 1. The summed E-state index contributed by atoms with van der Waals surface area (Å²) >= 11 is 0. The van der Waals surface area contributed by atoms with Crippen LogP contribution in [0.25, 0.3) is 33.4 Å². The van der Waals surface area contributed by atoms with Gasteiger partial charge < -0.3 is 14.7 Å². The second-order valence-electron chi connectivity index (χ2n) is 7.67. The lowest BCUT2D eigenvalue weighted by molar-refractivity contribution is -0.136. The van der Waals surface area contributed by atoms with Crippen LogP contribution < -0.4 is 4.74 Å². The highest BCUT2D eigenvalue weighted by Gasteiger charge is 2.33. The molecule has 8 nitrogen and oxygen atoms in total. The molecule has 0 unspecified atom stereocenters. The summed E-state index contributed by atoms with van der Waals surface area (Å²) in [5, 5.41) is 17.5. The Morgan fingerprint density at radius 1 is 1.09 bits per heavy atom. The number of H-pyrrole nitrogens is 1. The predicted octanol–water partition coefficient (Wildman–Crippen LogP) is 2.69. The second kappa shape index (κ2) is 7.90. The lowest BCUT2D eigenvalue weighted by Crippen LogP contribution is -2.55. The zero-order chi connectivity index (χ0) is 22.2. The Kier molecular flexibility index (Phi) is 4.91. The summed E-state index contributed by atoms with van der Waals surface area (Å²) < 4.78 is 5.48. The summed E-state index contributed by atoms with van der Waals surface area (Å²) in [6.45, 7) is 0.383. The molecular formula is C24H20N4O4. The van der Waals surface area contributed by atoms with E-state index in [0.717, 1.165) is 27.8 Å². The Morgan fingerprint density at radius 2 is 1.91 bits per heavy atom. The van der Waals surface area contributed by atoms with Crippen molar-refractivity contribution >= 4 is 22.7 Å². The summed E-state index contributed by atoms with van der Waals surface area (Å²) in [7, 11) is 1.62. The van der Waals surface area contributed by atoms with Gasteiger partial charge in [-0.1, -0.05) is 30.3 Å². The van der Waals surface area contributed by atoms with Crippen LogP contribution in [0, 0.1) is 0 Å². The number of aromatic nitrogens is 3. The zero-order valence-electron chi connectivity index (χ0n) is 17.3. The minimum absolute atomic E-state index is 0.192. The first kappa shape index (κ1) is 19.9. The minimum atomic E-state index is -0.602. The lowest BCUT2D eigenvalue weighted by atomic mass is 9.99. The number of aromatic amines is 1. The first-order valence-corrected chi connectivity index (χ1v) is 10.1. The topological polar surface area (TPSA) is 108 Å². The summed E-state index contributed by atoms with van der Waals surface area (Å²) in [5.74, 6) is -0.481. The molecule has 160 valence electrons. The second-order valence-corrected chi connectivity index (χ2v) is 7.67. The van der Waals surface area contributed by atoms with Crippen molar-refractivity contribution in [1.29, 1.82) is 0 Å². The van der Waals surface area contributed by atoms with Crippen molar-refractivity contribution in [2.75, 3.05) is 20.2 Å². The van der Waals surface area contributed by atoms with Crippen LogP contribution in [0.2, 0.25) is 0 Å². The van der Waals surface area contributed by atoms with Crippen LogP contribution in [0.15, 0.2) is 60.8 Å². The summed E-state index contributed by atoms with van der Waals surface area (Å²) in [4.78, 5) is 30.8. The number of likely N-dealkylation sites (tertiary alicyclic amines) is 1. The van der Waals surface area contributed by atoms with E-state index in [-0.39, 0.29) is 13.1 Å². The van der Waals surface area contributed by atoms with E-state index in [9.17, 15) is 14.7 Å². The molecule has 2 aromatic heterocycles. The molecule has 32 heavy (non-hydrogen) atoms. The molecule has 1 saturated heterocycles.